The van der Waals surface area contributed by atoms with Crippen molar-refractivity contribution in [3.63, 3.8) is 0 Å². The maximum atomic E-state index is 12.8. The molecule has 1 aromatic heterocycles. The van der Waals surface area contributed by atoms with E-state index in [9.17, 15) is 18.0 Å². The van der Waals surface area contributed by atoms with Gasteiger partial charge in [-0.3, -0.25) is 4.79 Å². The molecule has 7 heteroatoms. The summed E-state index contributed by atoms with van der Waals surface area (Å²) in [5.74, 6) is -0.792. The largest absolute Gasteiger partial charge is 0.418 e. The molecular formula is C13H10F3N3O. The summed E-state index contributed by atoms with van der Waals surface area (Å²) in [6, 6.07) is 7.66. The van der Waals surface area contributed by atoms with Crippen LogP contribution in [0, 0.1) is 0 Å². The number of hydrogen-bond acceptors (Lipinski definition) is 3. The maximum absolute atomic E-state index is 12.8. The number of nitrogens with zero attached hydrogens (tertiary/aromatic N) is 1. The van der Waals surface area contributed by atoms with Crippen molar-refractivity contribution in [2.75, 3.05) is 11.1 Å². The Balaban J connectivity index is 2.32. The van der Waals surface area contributed by atoms with Crippen LogP contribution in [0.15, 0.2) is 42.6 Å². The van der Waals surface area contributed by atoms with Gasteiger partial charge in [0.05, 0.1) is 16.9 Å². The Labute approximate surface area is 112 Å². The van der Waals surface area contributed by atoms with Gasteiger partial charge in [-0.1, -0.05) is 12.1 Å². The number of anilines is 2. The number of nitrogen functional groups attached to an aromatic ring is 1. The Morgan fingerprint density at radius 1 is 1.15 bits per heavy atom. The fourth-order valence-electron chi connectivity index (χ4n) is 1.63. The van der Waals surface area contributed by atoms with Crippen molar-refractivity contribution < 1.29 is 18.0 Å². The molecule has 0 unspecified atom stereocenters. The molecule has 0 atom stereocenters. The van der Waals surface area contributed by atoms with Crippen LogP contribution in [0.1, 0.15) is 16.1 Å². The summed E-state index contributed by atoms with van der Waals surface area (Å²) in [7, 11) is 0. The number of carbonyl (C=O) groups is 1. The molecule has 0 radical (unpaired) electrons. The van der Waals surface area contributed by atoms with E-state index in [0.29, 0.717) is 0 Å². The van der Waals surface area contributed by atoms with Gasteiger partial charge in [0.25, 0.3) is 5.91 Å². The molecule has 104 valence electrons. The summed E-state index contributed by atoms with van der Waals surface area (Å²) in [6.45, 7) is 0. The molecule has 1 amide bonds. The molecule has 1 heterocycles. The molecule has 20 heavy (non-hydrogen) atoms. The number of aromatic nitrogens is 1. The summed E-state index contributed by atoms with van der Waals surface area (Å²) in [6.07, 6.45) is -3.22. The molecule has 1 aromatic carbocycles. The third-order valence-electron chi connectivity index (χ3n) is 2.53. The number of nitrogens with two attached hydrogens (primary N) is 1. The van der Waals surface area contributed by atoms with E-state index >= 15 is 0 Å². The zero-order chi connectivity index (χ0) is 14.8. The van der Waals surface area contributed by atoms with E-state index in [2.05, 4.69) is 10.3 Å². The normalized spacial score (nSPS) is 11.2. The first-order valence-electron chi connectivity index (χ1n) is 5.57. The molecule has 0 saturated carbocycles. The first kappa shape index (κ1) is 13.9. The Morgan fingerprint density at radius 3 is 2.50 bits per heavy atom. The maximum Gasteiger partial charge on any atom is 0.418 e. The topological polar surface area (TPSA) is 68.0 Å². The Bertz CT molecular complexity index is 641. The summed E-state index contributed by atoms with van der Waals surface area (Å²) >= 11 is 0. The van der Waals surface area contributed by atoms with Gasteiger partial charge < -0.3 is 11.1 Å². The van der Waals surface area contributed by atoms with Crippen molar-refractivity contribution in [2.24, 2.45) is 0 Å². The highest BCUT2D eigenvalue weighted by atomic mass is 19.4. The number of carbonyl (C=O) groups excluding carboxylic acids is 1. The van der Waals surface area contributed by atoms with Crippen molar-refractivity contribution in [2.45, 2.75) is 6.18 Å². The van der Waals surface area contributed by atoms with Crippen molar-refractivity contribution in [3.8, 4) is 0 Å². The van der Waals surface area contributed by atoms with E-state index in [1.807, 2.05) is 0 Å². The quantitative estimate of drug-likeness (QED) is 0.889. The number of para-hydroxylation sites is 1. The van der Waals surface area contributed by atoms with Crippen LogP contribution in [0.3, 0.4) is 0 Å². The molecule has 0 spiro atoms. The van der Waals surface area contributed by atoms with E-state index in [-0.39, 0.29) is 17.1 Å². The molecule has 2 rings (SSSR count). The fraction of sp³-hybridized carbons (Fsp3) is 0.0769. The number of alkyl halides is 3. The first-order valence-corrected chi connectivity index (χ1v) is 5.57. The number of hydrogen-bond donors (Lipinski definition) is 2. The number of pyridine rings is 1. The number of benzene rings is 1. The SMILES string of the molecule is Nc1cccnc1C(=O)Nc1ccccc1C(F)(F)F. The molecule has 0 fully saturated rings. The monoisotopic (exact) mass is 281 g/mol. The predicted molar refractivity (Wildman–Crippen MR) is 68.0 cm³/mol. The van der Waals surface area contributed by atoms with Crippen LogP contribution in [0.2, 0.25) is 0 Å². The predicted octanol–water partition coefficient (Wildman–Crippen LogP) is 2.93. The second kappa shape index (κ2) is 5.20. The fourth-order valence-corrected chi connectivity index (χ4v) is 1.63. The van der Waals surface area contributed by atoms with Gasteiger partial charge in [-0.05, 0) is 24.3 Å². The lowest BCUT2D eigenvalue weighted by Gasteiger charge is -2.13. The minimum absolute atomic E-state index is 0.0921. The molecule has 0 aliphatic heterocycles. The van der Waals surface area contributed by atoms with Crippen molar-refractivity contribution >= 4 is 17.3 Å². The summed E-state index contributed by atoms with van der Waals surface area (Å²) in [5.41, 5.74) is 4.26. The smallest absolute Gasteiger partial charge is 0.397 e. The van der Waals surface area contributed by atoms with Crippen LogP contribution in [0.5, 0.6) is 0 Å². The third-order valence-corrected chi connectivity index (χ3v) is 2.53. The lowest BCUT2D eigenvalue weighted by molar-refractivity contribution is -0.136. The molecule has 0 bridgehead atoms. The van der Waals surface area contributed by atoms with Gasteiger partial charge in [0.15, 0.2) is 5.69 Å². The second-order valence-electron chi connectivity index (χ2n) is 3.94. The molecular weight excluding hydrogens is 271 g/mol. The van der Waals surface area contributed by atoms with Gasteiger partial charge in [-0.15, -0.1) is 0 Å². The first-order chi connectivity index (χ1) is 9.39. The van der Waals surface area contributed by atoms with E-state index in [4.69, 9.17) is 5.73 Å². The van der Waals surface area contributed by atoms with Crippen LogP contribution >= 0.6 is 0 Å². The van der Waals surface area contributed by atoms with Gasteiger partial charge >= 0.3 is 6.18 Å². The van der Waals surface area contributed by atoms with Crippen molar-refractivity contribution in [3.05, 3.63) is 53.9 Å². The lowest BCUT2D eigenvalue weighted by atomic mass is 10.1. The number of halogens is 3. The van der Waals surface area contributed by atoms with Gasteiger partial charge in [0.1, 0.15) is 0 Å². The average molecular weight is 281 g/mol. The molecule has 0 aliphatic carbocycles. The minimum Gasteiger partial charge on any atom is -0.397 e. The van der Waals surface area contributed by atoms with Crippen LogP contribution in [0.25, 0.3) is 0 Å². The minimum atomic E-state index is -4.56. The lowest BCUT2D eigenvalue weighted by Crippen LogP contribution is -2.18. The zero-order valence-corrected chi connectivity index (χ0v) is 10.1. The third kappa shape index (κ3) is 2.87. The highest BCUT2D eigenvalue weighted by molar-refractivity contribution is 6.06. The van der Waals surface area contributed by atoms with Crippen molar-refractivity contribution in [1.29, 1.82) is 0 Å². The van der Waals surface area contributed by atoms with E-state index in [1.54, 1.807) is 0 Å². The van der Waals surface area contributed by atoms with Crippen LogP contribution in [-0.2, 0) is 6.18 Å². The number of amides is 1. The van der Waals surface area contributed by atoms with Gasteiger partial charge in [-0.25, -0.2) is 4.98 Å². The molecule has 3 N–H and O–H groups in total. The van der Waals surface area contributed by atoms with E-state index in [1.165, 1.54) is 36.5 Å². The van der Waals surface area contributed by atoms with Gasteiger partial charge in [-0.2, -0.15) is 13.2 Å². The summed E-state index contributed by atoms with van der Waals surface area (Å²) in [4.78, 5) is 15.6. The number of nitrogens with one attached hydrogen (secondary N) is 1. The Kier molecular flexibility index (Phi) is 3.60. The zero-order valence-electron chi connectivity index (χ0n) is 10.1. The molecule has 4 nitrogen and oxygen atoms in total. The average Bonchev–Trinajstić information content (AvgIpc) is 2.38. The summed E-state index contributed by atoms with van der Waals surface area (Å²) < 4.78 is 38.4. The second-order valence-corrected chi connectivity index (χ2v) is 3.94. The van der Waals surface area contributed by atoms with E-state index < -0.39 is 17.6 Å². The highest BCUT2D eigenvalue weighted by Crippen LogP contribution is 2.34. The van der Waals surface area contributed by atoms with Crippen LogP contribution in [0.4, 0.5) is 24.5 Å². The molecule has 0 aliphatic rings. The van der Waals surface area contributed by atoms with Gasteiger partial charge in [0.2, 0.25) is 0 Å². The highest BCUT2D eigenvalue weighted by Gasteiger charge is 2.33. The molecule has 2 aromatic rings. The van der Waals surface area contributed by atoms with E-state index in [0.717, 1.165) is 6.07 Å². The Morgan fingerprint density at radius 2 is 1.85 bits per heavy atom. The molecule has 0 saturated heterocycles. The van der Waals surface area contributed by atoms with Gasteiger partial charge in [0, 0.05) is 6.20 Å². The van der Waals surface area contributed by atoms with Crippen LogP contribution < -0.4 is 11.1 Å². The Hall–Kier alpha value is -2.57. The standard InChI is InChI=1S/C13H10F3N3O/c14-13(15,16)8-4-1-2-6-10(8)19-12(20)11-9(17)5-3-7-18-11/h1-7H,17H2,(H,19,20). The van der Waals surface area contributed by atoms with Crippen molar-refractivity contribution in [1.82, 2.24) is 4.98 Å². The summed E-state index contributed by atoms with van der Waals surface area (Å²) in [5, 5.41) is 2.17. The van der Waals surface area contributed by atoms with Crippen LogP contribution in [-0.4, -0.2) is 10.9 Å². The number of rotatable bonds is 2.